The Hall–Kier alpha value is -2.13. The highest BCUT2D eigenvalue weighted by atomic mass is 16.5. The van der Waals surface area contributed by atoms with E-state index in [4.69, 9.17) is 4.74 Å². The minimum Gasteiger partial charge on any atom is -0.458 e. The normalized spacial score (nSPS) is 23.6. The molecule has 3 atom stereocenters. The van der Waals surface area contributed by atoms with Crippen LogP contribution >= 0.6 is 0 Å². The van der Waals surface area contributed by atoms with Gasteiger partial charge in [-0.15, -0.1) is 0 Å². The third-order valence-electron chi connectivity index (χ3n) is 5.88. The molecular weight excluding hydrogens is 336 g/mol. The predicted molar refractivity (Wildman–Crippen MR) is 108 cm³/mol. The summed E-state index contributed by atoms with van der Waals surface area (Å²) in [6, 6.07) is 19.3. The number of benzene rings is 2. The van der Waals surface area contributed by atoms with E-state index in [1.807, 2.05) is 36.4 Å². The maximum atomic E-state index is 12.8. The first-order valence-corrected chi connectivity index (χ1v) is 10.2. The molecule has 1 N–H and O–H groups in total. The lowest BCUT2D eigenvalue weighted by molar-refractivity contribution is -0.0606. The molecule has 0 bridgehead atoms. The van der Waals surface area contributed by atoms with Gasteiger partial charge in [-0.2, -0.15) is 0 Å². The predicted octanol–water partition coefficient (Wildman–Crippen LogP) is 5.28. The Morgan fingerprint density at radius 1 is 1.11 bits per heavy atom. The number of rotatable bonds is 7. The SMILES string of the molecule is CCCC[C@H](O)[C@]1(c2ccccc2)CCCC[C@@H]1OC(=O)c1ccccc1. The Morgan fingerprint density at radius 2 is 1.78 bits per heavy atom. The third-order valence-corrected chi connectivity index (χ3v) is 5.88. The monoisotopic (exact) mass is 366 g/mol. The molecule has 0 aliphatic heterocycles. The van der Waals surface area contributed by atoms with Crippen molar-refractivity contribution in [1.82, 2.24) is 0 Å². The Bertz CT molecular complexity index is 713. The van der Waals surface area contributed by atoms with Gasteiger partial charge in [-0.3, -0.25) is 0 Å². The van der Waals surface area contributed by atoms with Gasteiger partial charge in [0, 0.05) is 0 Å². The number of hydrogen-bond donors (Lipinski definition) is 1. The van der Waals surface area contributed by atoms with Gasteiger partial charge in [0.15, 0.2) is 0 Å². The Labute approximate surface area is 162 Å². The van der Waals surface area contributed by atoms with Gasteiger partial charge in [0.2, 0.25) is 0 Å². The first-order valence-electron chi connectivity index (χ1n) is 10.2. The highest BCUT2D eigenvalue weighted by molar-refractivity contribution is 5.89. The standard InChI is InChI=1S/C24H30O3/c1-2-3-16-21(25)24(20-14-8-5-9-15-20)18-11-10-17-22(24)27-23(26)19-12-6-4-7-13-19/h4-9,12-15,21-22,25H,2-3,10-11,16-18H2,1H3/t21-,22-,24+/m0/s1. The van der Waals surface area contributed by atoms with Crippen molar-refractivity contribution in [3.63, 3.8) is 0 Å². The highest BCUT2D eigenvalue weighted by Gasteiger charge is 2.49. The summed E-state index contributed by atoms with van der Waals surface area (Å²) in [6.45, 7) is 2.13. The number of ether oxygens (including phenoxy) is 1. The van der Waals surface area contributed by atoms with Crippen molar-refractivity contribution < 1.29 is 14.6 Å². The number of aliphatic hydroxyl groups excluding tert-OH is 1. The molecule has 27 heavy (non-hydrogen) atoms. The van der Waals surface area contributed by atoms with Crippen LogP contribution in [0.3, 0.4) is 0 Å². The zero-order valence-electron chi connectivity index (χ0n) is 16.1. The Kier molecular flexibility index (Phi) is 6.68. The van der Waals surface area contributed by atoms with Crippen LogP contribution in [0, 0.1) is 0 Å². The fourth-order valence-corrected chi connectivity index (χ4v) is 4.41. The van der Waals surface area contributed by atoms with Crippen LogP contribution in [0.2, 0.25) is 0 Å². The lowest BCUT2D eigenvalue weighted by Gasteiger charge is -2.47. The van der Waals surface area contributed by atoms with Gasteiger partial charge in [-0.05, 0) is 43.4 Å². The molecule has 1 aliphatic rings. The summed E-state index contributed by atoms with van der Waals surface area (Å²) in [6.07, 6.45) is 5.59. The first kappa shape index (κ1) is 19.6. The van der Waals surface area contributed by atoms with Gasteiger partial charge in [0.1, 0.15) is 6.10 Å². The molecule has 0 amide bonds. The van der Waals surface area contributed by atoms with Crippen LogP contribution in [0.5, 0.6) is 0 Å². The van der Waals surface area contributed by atoms with E-state index in [0.29, 0.717) is 5.56 Å². The summed E-state index contributed by atoms with van der Waals surface area (Å²) >= 11 is 0. The molecule has 0 heterocycles. The van der Waals surface area contributed by atoms with Crippen LogP contribution in [-0.4, -0.2) is 23.3 Å². The summed E-state index contributed by atoms with van der Waals surface area (Å²) in [5.41, 5.74) is 1.12. The summed E-state index contributed by atoms with van der Waals surface area (Å²) in [5, 5.41) is 11.3. The summed E-state index contributed by atoms with van der Waals surface area (Å²) < 4.78 is 6.05. The zero-order valence-corrected chi connectivity index (χ0v) is 16.1. The van der Waals surface area contributed by atoms with Crippen molar-refractivity contribution in [2.45, 2.75) is 69.5 Å². The second-order valence-electron chi connectivity index (χ2n) is 7.57. The van der Waals surface area contributed by atoms with E-state index in [1.165, 1.54) is 0 Å². The lowest BCUT2D eigenvalue weighted by atomic mass is 9.63. The maximum Gasteiger partial charge on any atom is 0.338 e. The topological polar surface area (TPSA) is 46.5 Å². The summed E-state index contributed by atoms with van der Waals surface area (Å²) in [7, 11) is 0. The van der Waals surface area contributed by atoms with Crippen molar-refractivity contribution in [3.05, 3.63) is 71.8 Å². The van der Waals surface area contributed by atoms with Crippen LogP contribution in [0.15, 0.2) is 60.7 Å². The summed E-state index contributed by atoms with van der Waals surface area (Å²) in [5.74, 6) is -0.300. The number of hydrogen-bond acceptors (Lipinski definition) is 3. The molecule has 144 valence electrons. The molecule has 0 aromatic heterocycles. The molecule has 0 radical (unpaired) electrons. The van der Waals surface area contributed by atoms with Crippen molar-refractivity contribution in [1.29, 1.82) is 0 Å². The number of esters is 1. The Balaban J connectivity index is 1.94. The van der Waals surface area contributed by atoms with Crippen LogP contribution in [0.4, 0.5) is 0 Å². The number of carbonyl (C=O) groups excluding carboxylic acids is 1. The first-order chi connectivity index (χ1) is 13.2. The number of aliphatic hydroxyl groups is 1. The van der Waals surface area contributed by atoms with E-state index < -0.39 is 11.5 Å². The largest absolute Gasteiger partial charge is 0.458 e. The fraction of sp³-hybridized carbons (Fsp3) is 0.458. The third kappa shape index (κ3) is 4.24. The van der Waals surface area contributed by atoms with E-state index in [0.717, 1.165) is 50.5 Å². The van der Waals surface area contributed by atoms with Gasteiger partial charge in [0.05, 0.1) is 17.1 Å². The fourth-order valence-electron chi connectivity index (χ4n) is 4.41. The Morgan fingerprint density at radius 3 is 2.44 bits per heavy atom. The van der Waals surface area contributed by atoms with Crippen molar-refractivity contribution in [2.75, 3.05) is 0 Å². The minimum absolute atomic E-state index is 0.300. The van der Waals surface area contributed by atoms with Gasteiger partial charge in [0.25, 0.3) is 0 Å². The molecule has 1 saturated carbocycles. The van der Waals surface area contributed by atoms with Crippen molar-refractivity contribution >= 4 is 5.97 Å². The van der Waals surface area contributed by atoms with E-state index in [9.17, 15) is 9.90 Å². The molecule has 0 unspecified atom stereocenters. The molecule has 0 saturated heterocycles. The van der Waals surface area contributed by atoms with E-state index >= 15 is 0 Å². The van der Waals surface area contributed by atoms with Gasteiger partial charge in [-0.25, -0.2) is 4.79 Å². The van der Waals surface area contributed by atoms with E-state index in [-0.39, 0.29) is 12.1 Å². The maximum absolute atomic E-state index is 12.8. The average molecular weight is 367 g/mol. The molecule has 2 aromatic carbocycles. The molecule has 0 spiro atoms. The number of carbonyl (C=O) groups is 1. The molecule has 3 rings (SSSR count). The second-order valence-corrected chi connectivity index (χ2v) is 7.57. The lowest BCUT2D eigenvalue weighted by Crippen LogP contribution is -2.53. The van der Waals surface area contributed by atoms with Gasteiger partial charge in [-0.1, -0.05) is 74.7 Å². The number of unbranched alkanes of at least 4 members (excludes halogenated alkanes) is 1. The molecule has 3 nitrogen and oxygen atoms in total. The quantitative estimate of drug-likeness (QED) is 0.679. The van der Waals surface area contributed by atoms with Crippen molar-refractivity contribution in [3.8, 4) is 0 Å². The smallest absolute Gasteiger partial charge is 0.338 e. The van der Waals surface area contributed by atoms with Gasteiger partial charge >= 0.3 is 5.97 Å². The van der Waals surface area contributed by atoms with Crippen molar-refractivity contribution in [2.24, 2.45) is 0 Å². The van der Waals surface area contributed by atoms with Crippen LogP contribution in [0.25, 0.3) is 0 Å². The van der Waals surface area contributed by atoms with Crippen LogP contribution in [0.1, 0.15) is 67.8 Å². The van der Waals surface area contributed by atoms with E-state index in [1.54, 1.807) is 12.1 Å². The molecule has 2 aromatic rings. The zero-order chi connectivity index (χ0) is 19.1. The molecule has 1 aliphatic carbocycles. The summed E-state index contributed by atoms with van der Waals surface area (Å²) in [4.78, 5) is 12.8. The van der Waals surface area contributed by atoms with Gasteiger partial charge < -0.3 is 9.84 Å². The van der Waals surface area contributed by atoms with Crippen LogP contribution < -0.4 is 0 Å². The van der Waals surface area contributed by atoms with E-state index in [2.05, 4.69) is 19.1 Å². The molecule has 3 heteroatoms. The molecule has 1 fully saturated rings. The minimum atomic E-state index is -0.529. The highest BCUT2D eigenvalue weighted by Crippen LogP contribution is 2.45. The average Bonchev–Trinajstić information content (AvgIpc) is 2.73. The molecular formula is C24H30O3. The van der Waals surface area contributed by atoms with Crippen LogP contribution in [-0.2, 0) is 10.2 Å². The second kappa shape index (κ2) is 9.18.